The maximum Gasteiger partial charge on any atom is 0.141 e. The summed E-state index contributed by atoms with van der Waals surface area (Å²) < 4.78 is 0. The van der Waals surface area contributed by atoms with Crippen molar-refractivity contribution >= 4 is 17.9 Å². The number of anilines is 2. The van der Waals surface area contributed by atoms with Crippen molar-refractivity contribution in [2.75, 3.05) is 17.7 Å². The largest absolute Gasteiger partial charge is 0.396 e. The second-order valence-corrected chi connectivity index (χ2v) is 4.45. The maximum atomic E-state index is 5.88. The molecule has 0 bridgehead atoms. The molecule has 0 spiro atoms. The number of oxime groups is 1. The molecule has 0 aliphatic carbocycles. The van der Waals surface area contributed by atoms with Crippen molar-refractivity contribution in [3.63, 3.8) is 0 Å². The van der Waals surface area contributed by atoms with E-state index in [1.807, 2.05) is 25.1 Å². The van der Waals surface area contributed by atoms with Crippen LogP contribution in [0.4, 0.5) is 11.6 Å². The van der Waals surface area contributed by atoms with Crippen molar-refractivity contribution in [1.29, 1.82) is 0 Å². The van der Waals surface area contributed by atoms with Gasteiger partial charge in [-0.1, -0.05) is 35.5 Å². The number of nitrogens with two attached hydrogens (primary N) is 1. The van der Waals surface area contributed by atoms with E-state index >= 15 is 0 Å². The lowest BCUT2D eigenvalue weighted by Gasteiger charge is -2.16. The zero-order valence-corrected chi connectivity index (χ0v) is 12.2. The summed E-state index contributed by atoms with van der Waals surface area (Å²) in [5.74, 6) is 0.985. The average molecular weight is 285 g/mol. The number of nitrogens with zero attached hydrogens (tertiary/aromatic N) is 3. The van der Waals surface area contributed by atoms with Crippen LogP contribution in [0.1, 0.15) is 31.0 Å². The first-order chi connectivity index (χ1) is 10.2. The number of aromatic nitrogens is 2. The lowest BCUT2D eigenvalue weighted by atomic mass is 10.1. The summed E-state index contributed by atoms with van der Waals surface area (Å²) in [5.41, 5.74) is 7.65. The van der Waals surface area contributed by atoms with E-state index < -0.39 is 0 Å². The Kier molecular flexibility index (Phi) is 5.09. The van der Waals surface area contributed by atoms with Crippen LogP contribution in [0.5, 0.6) is 0 Å². The molecule has 1 aromatic carbocycles. The van der Waals surface area contributed by atoms with Gasteiger partial charge in [-0.3, -0.25) is 0 Å². The number of rotatable bonds is 6. The molecule has 6 heteroatoms. The van der Waals surface area contributed by atoms with Crippen molar-refractivity contribution in [3.05, 3.63) is 47.8 Å². The van der Waals surface area contributed by atoms with E-state index in [2.05, 4.69) is 39.5 Å². The molecule has 0 amide bonds. The molecule has 6 nitrogen and oxygen atoms in total. The van der Waals surface area contributed by atoms with Crippen LogP contribution in [-0.2, 0) is 4.84 Å². The molecule has 2 rings (SSSR count). The van der Waals surface area contributed by atoms with E-state index in [4.69, 9.17) is 10.6 Å². The molecule has 1 atom stereocenters. The third kappa shape index (κ3) is 3.92. The van der Waals surface area contributed by atoms with Crippen LogP contribution in [0.15, 0.2) is 41.8 Å². The highest BCUT2D eigenvalue weighted by Gasteiger charge is 2.11. The normalized spacial score (nSPS) is 12.3. The Hall–Kier alpha value is -2.63. The van der Waals surface area contributed by atoms with E-state index in [1.165, 1.54) is 12.5 Å². The van der Waals surface area contributed by atoms with Crippen LogP contribution >= 0.6 is 0 Å². The van der Waals surface area contributed by atoms with Crippen molar-refractivity contribution in [2.45, 2.75) is 19.9 Å². The molecular weight excluding hydrogens is 266 g/mol. The number of nitrogen functional groups attached to an aromatic ring is 1. The second-order valence-electron chi connectivity index (χ2n) is 4.45. The van der Waals surface area contributed by atoms with Gasteiger partial charge in [-0.15, -0.1) is 0 Å². The summed E-state index contributed by atoms with van der Waals surface area (Å²) >= 11 is 0. The van der Waals surface area contributed by atoms with Gasteiger partial charge in [0.05, 0.1) is 11.8 Å². The number of hydrogen-bond donors (Lipinski definition) is 2. The summed E-state index contributed by atoms with van der Waals surface area (Å²) in [5, 5.41) is 7.15. The van der Waals surface area contributed by atoms with Crippen LogP contribution < -0.4 is 11.1 Å². The smallest absolute Gasteiger partial charge is 0.141 e. The predicted octanol–water partition coefficient (Wildman–Crippen LogP) is 2.60. The average Bonchev–Trinajstić information content (AvgIpc) is 2.51. The monoisotopic (exact) mass is 285 g/mol. The van der Waals surface area contributed by atoms with Gasteiger partial charge < -0.3 is 15.9 Å². The summed E-state index contributed by atoms with van der Waals surface area (Å²) in [7, 11) is 0. The zero-order chi connectivity index (χ0) is 15.1. The summed E-state index contributed by atoms with van der Waals surface area (Å²) in [4.78, 5) is 13.2. The van der Waals surface area contributed by atoms with Gasteiger partial charge in [0.15, 0.2) is 0 Å². The standard InChI is InChI=1S/C15H19N5O/c1-3-21-19-9-13-14(16)17-10-18-15(13)20-11(2)12-7-5-4-6-8-12/h4-11H,3H2,1-2H3,(H3,16,17,18,20)/b19-9+/t11-/m0/s1. The lowest BCUT2D eigenvalue weighted by molar-refractivity contribution is 0.160. The van der Waals surface area contributed by atoms with Gasteiger partial charge in [0.2, 0.25) is 0 Å². The molecule has 0 saturated carbocycles. The van der Waals surface area contributed by atoms with Crippen LogP contribution in [-0.4, -0.2) is 22.8 Å². The maximum absolute atomic E-state index is 5.88. The third-order valence-electron chi connectivity index (χ3n) is 2.95. The minimum Gasteiger partial charge on any atom is -0.396 e. The molecule has 0 aliphatic rings. The predicted molar refractivity (Wildman–Crippen MR) is 84.1 cm³/mol. The van der Waals surface area contributed by atoms with Gasteiger partial charge in [-0.25, -0.2) is 9.97 Å². The van der Waals surface area contributed by atoms with E-state index in [1.54, 1.807) is 0 Å². The molecule has 1 aromatic heterocycles. The topological polar surface area (TPSA) is 85.4 Å². The molecule has 110 valence electrons. The Bertz CT molecular complexity index is 600. The molecular formula is C15H19N5O. The van der Waals surface area contributed by atoms with Crippen LogP contribution in [0.25, 0.3) is 0 Å². The van der Waals surface area contributed by atoms with E-state index in [9.17, 15) is 0 Å². The van der Waals surface area contributed by atoms with Gasteiger partial charge in [0.1, 0.15) is 24.6 Å². The Morgan fingerprint density at radius 2 is 2.10 bits per heavy atom. The molecule has 1 heterocycles. The van der Waals surface area contributed by atoms with Gasteiger partial charge in [-0.05, 0) is 19.4 Å². The number of nitrogens with one attached hydrogen (secondary N) is 1. The van der Waals surface area contributed by atoms with E-state index in [-0.39, 0.29) is 6.04 Å². The van der Waals surface area contributed by atoms with Crippen molar-refractivity contribution < 1.29 is 4.84 Å². The quantitative estimate of drug-likeness (QED) is 0.629. The Labute approximate surface area is 124 Å². The van der Waals surface area contributed by atoms with E-state index in [0.29, 0.717) is 23.8 Å². The van der Waals surface area contributed by atoms with Crippen LogP contribution in [0, 0.1) is 0 Å². The van der Waals surface area contributed by atoms with E-state index in [0.717, 1.165) is 5.56 Å². The highest BCUT2D eigenvalue weighted by atomic mass is 16.6. The molecule has 0 aliphatic heterocycles. The Balaban J connectivity index is 2.21. The summed E-state index contributed by atoms with van der Waals surface area (Å²) in [6.07, 6.45) is 2.95. The number of benzene rings is 1. The summed E-state index contributed by atoms with van der Waals surface area (Å²) in [6, 6.07) is 10.2. The van der Waals surface area contributed by atoms with Gasteiger partial charge in [0, 0.05) is 6.04 Å². The summed E-state index contributed by atoms with van der Waals surface area (Å²) in [6.45, 7) is 4.41. The van der Waals surface area contributed by atoms with Gasteiger partial charge in [0.25, 0.3) is 0 Å². The molecule has 0 radical (unpaired) electrons. The van der Waals surface area contributed by atoms with Crippen molar-refractivity contribution in [3.8, 4) is 0 Å². The molecule has 2 aromatic rings. The highest BCUT2D eigenvalue weighted by Crippen LogP contribution is 2.21. The Morgan fingerprint density at radius 1 is 1.33 bits per heavy atom. The van der Waals surface area contributed by atoms with Gasteiger partial charge >= 0.3 is 0 Å². The fourth-order valence-corrected chi connectivity index (χ4v) is 1.85. The molecule has 0 saturated heterocycles. The fourth-order valence-electron chi connectivity index (χ4n) is 1.85. The van der Waals surface area contributed by atoms with Crippen molar-refractivity contribution in [1.82, 2.24) is 9.97 Å². The lowest BCUT2D eigenvalue weighted by Crippen LogP contribution is -2.12. The van der Waals surface area contributed by atoms with Gasteiger partial charge in [-0.2, -0.15) is 0 Å². The first-order valence-electron chi connectivity index (χ1n) is 6.79. The molecule has 3 N–H and O–H groups in total. The first kappa shape index (κ1) is 14.8. The fraction of sp³-hybridized carbons (Fsp3) is 0.267. The SMILES string of the molecule is CCO/N=C/c1c(N)ncnc1N[C@@H](C)c1ccccc1. The zero-order valence-electron chi connectivity index (χ0n) is 12.2. The number of hydrogen-bond acceptors (Lipinski definition) is 6. The third-order valence-corrected chi connectivity index (χ3v) is 2.95. The van der Waals surface area contributed by atoms with Crippen LogP contribution in [0.2, 0.25) is 0 Å². The minimum atomic E-state index is 0.0831. The minimum absolute atomic E-state index is 0.0831. The molecule has 21 heavy (non-hydrogen) atoms. The molecule has 0 unspecified atom stereocenters. The first-order valence-corrected chi connectivity index (χ1v) is 6.79. The van der Waals surface area contributed by atoms with Crippen molar-refractivity contribution in [2.24, 2.45) is 5.16 Å². The highest BCUT2D eigenvalue weighted by molar-refractivity contribution is 5.91. The Morgan fingerprint density at radius 3 is 2.81 bits per heavy atom. The van der Waals surface area contributed by atoms with Crippen LogP contribution in [0.3, 0.4) is 0 Å². The molecule has 0 fully saturated rings. The second kappa shape index (κ2) is 7.23.